The van der Waals surface area contributed by atoms with Gasteiger partial charge < -0.3 is 24.8 Å². The predicted molar refractivity (Wildman–Crippen MR) is 106 cm³/mol. The Kier molecular flexibility index (Phi) is 5.44. The van der Waals surface area contributed by atoms with E-state index in [0.29, 0.717) is 35.5 Å². The van der Waals surface area contributed by atoms with Gasteiger partial charge >= 0.3 is 6.09 Å². The van der Waals surface area contributed by atoms with Crippen molar-refractivity contribution < 1.29 is 14.3 Å². The lowest BCUT2D eigenvalue weighted by molar-refractivity contribution is 0.0206. The van der Waals surface area contributed by atoms with E-state index in [9.17, 15) is 9.59 Å². The first-order chi connectivity index (χ1) is 13.2. The zero-order valence-corrected chi connectivity index (χ0v) is 17.1. The fourth-order valence-electron chi connectivity index (χ4n) is 3.26. The van der Waals surface area contributed by atoms with Gasteiger partial charge in [-0.25, -0.2) is 14.8 Å². The Hall–Kier alpha value is -2.84. The Morgan fingerprint density at radius 3 is 2.75 bits per heavy atom. The number of hydrogen-bond donors (Lipinski definition) is 2. The molecule has 2 aromatic rings. The number of anilines is 1. The van der Waals surface area contributed by atoms with E-state index in [2.05, 4.69) is 20.3 Å². The van der Waals surface area contributed by atoms with Crippen LogP contribution in [0.4, 0.5) is 10.6 Å². The van der Waals surface area contributed by atoms with E-state index in [-0.39, 0.29) is 18.0 Å². The maximum Gasteiger partial charge on any atom is 0.410 e. The summed E-state index contributed by atoms with van der Waals surface area (Å²) in [5.41, 5.74) is 0.591. The number of ether oxygens (including phenoxy) is 1. The number of nitrogens with zero attached hydrogens (tertiary/aromatic N) is 4. The van der Waals surface area contributed by atoms with Gasteiger partial charge in [0, 0.05) is 39.4 Å². The van der Waals surface area contributed by atoms with Crippen molar-refractivity contribution in [1.82, 2.24) is 24.8 Å². The molecule has 9 heteroatoms. The van der Waals surface area contributed by atoms with E-state index in [1.54, 1.807) is 25.2 Å². The van der Waals surface area contributed by atoms with Gasteiger partial charge in [0.05, 0.1) is 10.9 Å². The van der Waals surface area contributed by atoms with Crippen LogP contribution in [0, 0.1) is 0 Å². The summed E-state index contributed by atoms with van der Waals surface area (Å²) in [6, 6.07) is 0.0107. The number of hydrogen-bond acceptors (Lipinski definition) is 6. The van der Waals surface area contributed by atoms with Crippen LogP contribution in [-0.4, -0.2) is 75.6 Å². The van der Waals surface area contributed by atoms with Gasteiger partial charge in [-0.05, 0) is 33.6 Å². The Labute approximate surface area is 164 Å². The van der Waals surface area contributed by atoms with Gasteiger partial charge in [0.25, 0.3) is 5.91 Å². The van der Waals surface area contributed by atoms with Gasteiger partial charge in [-0.1, -0.05) is 0 Å². The van der Waals surface area contributed by atoms with Crippen molar-refractivity contribution in [2.75, 3.05) is 32.5 Å². The van der Waals surface area contributed by atoms with E-state index in [1.165, 1.54) is 11.2 Å². The molecule has 0 saturated carbocycles. The number of rotatable bonds is 3. The smallest absolute Gasteiger partial charge is 0.410 e. The zero-order valence-electron chi connectivity index (χ0n) is 17.1. The summed E-state index contributed by atoms with van der Waals surface area (Å²) in [5.74, 6) is 0.468. The minimum absolute atomic E-state index is 0.0107. The molecule has 3 rings (SSSR count). The van der Waals surface area contributed by atoms with Gasteiger partial charge in [-0.3, -0.25) is 4.79 Å². The van der Waals surface area contributed by atoms with E-state index >= 15 is 0 Å². The third-order valence-electron chi connectivity index (χ3n) is 4.52. The fraction of sp³-hybridized carbons (Fsp3) is 0.579. The van der Waals surface area contributed by atoms with Crippen molar-refractivity contribution in [2.24, 2.45) is 0 Å². The highest BCUT2D eigenvalue weighted by Gasteiger charge is 2.28. The molecule has 0 aliphatic carbocycles. The standard InChI is InChI=1S/C19H28N6O3/c1-19(2,3)28-18(27)25-8-6-7-12(10-25)23-16-14-13(17(26)24(4)5)9-20-15(14)21-11-22-16/h9,11-12H,6-8,10H2,1-5H3,(H2,20,21,22,23)/t12-/m1/s1. The monoisotopic (exact) mass is 388 g/mol. The van der Waals surface area contributed by atoms with Crippen molar-refractivity contribution in [1.29, 1.82) is 0 Å². The molecule has 0 radical (unpaired) electrons. The molecule has 2 amide bonds. The molecular weight excluding hydrogens is 360 g/mol. The van der Waals surface area contributed by atoms with E-state index in [4.69, 9.17) is 4.74 Å². The van der Waals surface area contributed by atoms with Crippen LogP contribution in [0.2, 0.25) is 0 Å². The van der Waals surface area contributed by atoms with Crippen LogP contribution in [0.5, 0.6) is 0 Å². The van der Waals surface area contributed by atoms with E-state index in [1.807, 2.05) is 20.8 Å². The molecule has 1 aliphatic rings. The number of aromatic amines is 1. The molecule has 1 fully saturated rings. The lowest BCUT2D eigenvalue weighted by Gasteiger charge is -2.34. The number of fused-ring (bicyclic) bond motifs is 1. The Balaban J connectivity index is 1.80. The first-order valence-electron chi connectivity index (χ1n) is 9.44. The van der Waals surface area contributed by atoms with Crippen LogP contribution in [-0.2, 0) is 4.74 Å². The number of carbonyl (C=O) groups excluding carboxylic acids is 2. The number of piperidine rings is 1. The van der Waals surface area contributed by atoms with Gasteiger partial charge in [-0.15, -0.1) is 0 Å². The molecule has 3 heterocycles. The average molecular weight is 388 g/mol. The van der Waals surface area contributed by atoms with Crippen LogP contribution in [0.15, 0.2) is 12.5 Å². The molecule has 2 aromatic heterocycles. The largest absolute Gasteiger partial charge is 0.444 e. The SMILES string of the molecule is CN(C)C(=O)c1c[nH]c2ncnc(N[C@@H]3CCCN(C(=O)OC(C)(C)C)C3)c12. The van der Waals surface area contributed by atoms with Gasteiger partial charge in [0.2, 0.25) is 0 Å². The molecule has 1 atom stereocenters. The Morgan fingerprint density at radius 2 is 2.07 bits per heavy atom. The van der Waals surface area contributed by atoms with Crippen LogP contribution in [0.1, 0.15) is 44.0 Å². The summed E-state index contributed by atoms with van der Waals surface area (Å²) in [6.45, 7) is 6.76. The topological polar surface area (TPSA) is 103 Å². The van der Waals surface area contributed by atoms with Crippen molar-refractivity contribution in [3.8, 4) is 0 Å². The third-order valence-corrected chi connectivity index (χ3v) is 4.52. The Morgan fingerprint density at radius 1 is 1.32 bits per heavy atom. The lowest BCUT2D eigenvalue weighted by Crippen LogP contribution is -2.47. The Bertz CT molecular complexity index is 870. The van der Waals surface area contributed by atoms with Crippen LogP contribution in [0.3, 0.4) is 0 Å². The second kappa shape index (κ2) is 7.65. The van der Waals surface area contributed by atoms with Gasteiger partial charge in [-0.2, -0.15) is 0 Å². The molecule has 0 bridgehead atoms. The molecule has 152 valence electrons. The summed E-state index contributed by atoms with van der Waals surface area (Å²) in [7, 11) is 3.41. The zero-order chi connectivity index (χ0) is 20.5. The third kappa shape index (κ3) is 4.35. The van der Waals surface area contributed by atoms with Crippen molar-refractivity contribution in [3.63, 3.8) is 0 Å². The summed E-state index contributed by atoms with van der Waals surface area (Å²) in [4.78, 5) is 39.7. The van der Waals surface area contributed by atoms with Gasteiger partial charge in [0.15, 0.2) is 0 Å². The quantitative estimate of drug-likeness (QED) is 0.837. The van der Waals surface area contributed by atoms with Crippen molar-refractivity contribution in [3.05, 3.63) is 18.1 Å². The molecule has 0 spiro atoms. The molecule has 1 saturated heterocycles. The fourth-order valence-corrected chi connectivity index (χ4v) is 3.26. The van der Waals surface area contributed by atoms with Gasteiger partial charge in [0.1, 0.15) is 23.4 Å². The maximum atomic E-state index is 12.5. The minimum Gasteiger partial charge on any atom is -0.444 e. The lowest BCUT2D eigenvalue weighted by atomic mass is 10.1. The van der Waals surface area contributed by atoms with Crippen molar-refractivity contribution in [2.45, 2.75) is 45.3 Å². The number of aromatic nitrogens is 3. The first kappa shape index (κ1) is 19.9. The second-order valence-corrected chi connectivity index (χ2v) is 8.26. The number of H-pyrrole nitrogens is 1. The number of nitrogens with one attached hydrogen (secondary N) is 2. The predicted octanol–water partition coefficient (Wildman–Crippen LogP) is 2.47. The number of likely N-dealkylation sites (tertiary alicyclic amines) is 1. The maximum absolute atomic E-state index is 12.5. The van der Waals surface area contributed by atoms with Crippen LogP contribution in [0.25, 0.3) is 11.0 Å². The van der Waals surface area contributed by atoms with E-state index < -0.39 is 5.60 Å². The highest BCUT2D eigenvalue weighted by Crippen LogP contribution is 2.26. The van der Waals surface area contributed by atoms with Crippen LogP contribution < -0.4 is 5.32 Å². The molecule has 28 heavy (non-hydrogen) atoms. The van der Waals surface area contributed by atoms with Crippen molar-refractivity contribution >= 4 is 28.9 Å². The molecular formula is C19H28N6O3. The molecule has 9 nitrogen and oxygen atoms in total. The summed E-state index contributed by atoms with van der Waals surface area (Å²) < 4.78 is 5.49. The average Bonchev–Trinajstić information content (AvgIpc) is 3.05. The number of amides is 2. The molecule has 1 aliphatic heterocycles. The molecule has 0 unspecified atom stereocenters. The number of carbonyl (C=O) groups is 2. The summed E-state index contributed by atoms with van der Waals surface area (Å²) in [6.07, 6.45) is 4.56. The highest BCUT2D eigenvalue weighted by molar-refractivity contribution is 6.09. The molecule has 2 N–H and O–H groups in total. The normalized spacial score (nSPS) is 17.5. The second-order valence-electron chi connectivity index (χ2n) is 8.26. The van der Waals surface area contributed by atoms with Crippen LogP contribution >= 0.6 is 0 Å². The van der Waals surface area contributed by atoms with E-state index in [0.717, 1.165) is 12.8 Å². The summed E-state index contributed by atoms with van der Waals surface area (Å²) in [5, 5.41) is 4.06. The highest BCUT2D eigenvalue weighted by atomic mass is 16.6. The summed E-state index contributed by atoms with van der Waals surface area (Å²) >= 11 is 0. The molecule has 0 aromatic carbocycles. The first-order valence-corrected chi connectivity index (χ1v) is 9.44. The minimum atomic E-state index is -0.525.